The molecule has 2 fully saturated rings. The molecule has 0 spiro atoms. The lowest BCUT2D eigenvalue weighted by Gasteiger charge is -2.25. The molecule has 0 aromatic rings. The van der Waals surface area contributed by atoms with Gasteiger partial charge in [-0.05, 0) is 25.8 Å². The van der Waals surface area contributed by atoms with Crippen molar-refractivity contribution in [3.8, 4) is 0 Å². The Morgan fingerprint density at radius 1 is 1.57 bits per heavy atom. The molecule has 2 saturated heterocycles. The molecule has 3 unspecified atom stereocenters. The van der Waals surface area contributed by atoms with Crippen LogP contribution in [0.1, 0.15) is 33.1 Å². The molecule has 6 heteroatoms. The molecule has 6 nitrogen and oxygen atoms in total. The predicted molar refractivity (Wildman–Crippen MR) is 80.4 cm³/mol. The second-order valence-corrected chi connectivity index (χ2v) is 6.70. The molecule has 0 saturated carbocycles. The van der Waals surface area contributed by atoms with Crippen LogP contribution in [0.2, 0.25) is 0 Å². The fourth-order valence-corrected chi connectivity index (χ4v) is 3.56. The Bertz CT molecular complexity index is 580. The summed E-state index contributed by atoms with van der Waals surface area (Å²) in [6, 6.07) is 0. The summed E-state index contributed by atoms with van der Waals surface area (Å²) in [6.45, 7) is 7.20. The van der Waals surface area contributed by atoms with Crippen LogP contribution in [-0.4, -0.2) is 47.6 Å². The zero-order valence-corrected chi connectivity index (χ0v) is 13.4. The van der Waals surface area contributed by atoms with Crippen molar-refractivity contribution in [3.05, 3.63) is 23.8 Å². The van der Waals surface area contributed by atoms with Crippen LogP contribution in [-0.2, 0) is 23.8 Å². The number of carbonyl (C=O) groups is 2. The van der Waals surface area contributed by atoms with Gasteiger partial charge in [-0.1, -0.05) is 12.2 Å². The average molecular weight is 322 g/mol. The van der Waals surface area contributed by atoms with E-state index in [4.69, 9.17) is 14.2 Å². The molecule has 23 heavy (non-hydrogen) atoms. The van der Waals surface area contributed by atoms with Crippen molar-refractivity contribution < 1.29 is 28.9 Å². The van der Waals surface area contributed by atoms with Crippen LogP contribution < -0.4 is 0 Å². The van der Waals surface area contributed by atoms with Gasteiger partial charge in [0.15, 0.2) is 0 Å². The number of ether oxygens (including phenoxy) is 3. The molecule has 0 bridgehead atoms. The summed E-state index contributed by atoms with van der Waals surface area (Å²) in [5.41, 5.74) is 0.694. The van der Waals surface area contributed by atoms with Crippen molar-refractivity contribution in [2.45, 2.75) is 57.0 Å². The largest absolute Gasteiger partial charge is 0.463 e. The summed E-state index contributed by atoms with van der Waals surface area (Å²) in [6.07, 6.45) is 2.37. The van der Waals surface area contributed by atoms with E-state index in [2.05, 4.69) is 6.58 Å². The first-order valence-electron chi connectivity index (χ1n) is 7.89. The highest BCUT2D eigenvalue weighted by molar-refractivity contribution is 5.91. The number of hydrogen-bond donors (Lipinski definition) is 1. The van der Waals surface area contributed by atoms with Gasteiger partial charge in [0.1, 0.15) is 18.3 Å². The van der Waals surface area contributed by atoms with Crippen molar-refractivity contribution in [3.63, 3.8) is 0 Å². The Kier molecular flexibility index (Phi) is 4.06. The number of fused-ring (bicyclic) bond motifs is 2. The molecule has 1 N–H and O–H groups in total. The summed E-state index contributed by atoms with van der Waals surface area (Å²) in [5.74, 6) is -1.34. The van der Waals surface area contributed by atoms with E-state index in [1.807, 2.05) is 13.0 Å². The first-order chi connectivity index (χ1) is 10.8. The molecule has 0 radical (unpaired) electrons. The molecule has 0 amide bonds. The maximum Gasteiger partial charge on any atom is 0.334 e. The van der Waals surface area contributed by atoms with E-state index in [9.17, 15) is 14.7 Å². The Hall–Kier alpha value is -1.66. The number of aliphatic hydroxyl groups is 1. The van der Waals surface area contributed by atoms with Crippen LogP contribution in [0.15, 0.2) is 23.8 Å². The number of aliphatic hydroxyl groups excluding tert-OH is 1. The van der Waals surface area contributed by atoms with Crippen LogP contribution in [0, 0.1) is 5.92 Å². The van der Waals surface area contributed by atoms with Crippen molar-refractivity contribution in [1.29, 1.82) is 0 Å². The minimum atomic E-state index is -0.846. The van der Waals surface area contributed by atoms with Crippen LogP contribution in [0.25, 0.3) is 0 Å². The van der Waals surface area contributed by atoms with Gasteiger partial charge >= 0.3 is 11.9 Å². The third-order valence-electron chi connectivity index (χ3n) is 4.91. The molecule has 3 aliphatic rings. The molecular formula is C17H22O6. The Labute approximate surface area is 135 Å². The fraction of sp³-hybridized carbons (Fsp3) is 0.647. The number of rotatable bonds is 2. The van der Waals surface area contributed by atoms with Crippen LogP contribution in [0.3, 0.4) is 0 Å². The van der Waals surface area contributed by atoms with Crippen molar-refractivity contribution in [2.75, 3.05) is 6.61 Å². The summed E-state index contributed by atoms with van der Waals surface area (Å²) in [5, 5.41) is 10.7. The van der Waals surface area contributed by atoms with Gasteiger partial charge in [-0.3, -0.25) is 4.79 Å². The lowest BCUT2D eigenvalue weighted by Crippen LogP contribution is -2.36. The van der Waals surface area contributed by atoms with E-state index < -0.39 is 29.7 Å². The Morgan fingerprint density at radius 3 is 3.00 bits per heavy atom. The molecular weight excluding hydrogens is 300 g/mol. The van der Waals surface area contributed by atoms with E-state index >= 15 is 0 Å². The van der Waals surface area contributed by atoms with E-state index in [1.54, 1.807) is 0 Å². The highest BCUT2D eigenvalue weighted by Crippen LogP contribution is 2.47. The molecule has 1 aliphatic carbocycles. The molecule has 126 valence electrons. The van der Waals surface area contributed by atoms with Gasteiger partial charge in [0.2, 0.25) is 0 Å². The van der Waals surface area contributed by atoms with Crippen LogP contribution >= 0.6 is 0 Å². The molecule has 5 atom stereocenters. The Balaban J connectivity index is 1.84. The number of epoxide rings is 1. The van der Waals surface area contributed by atoms with Crippen molar-refractivity contribution in [2.24, 2.45) is 5.92 Å². The highest BCUT2D eigenvalue weighted by atomic mass is 16.6. The monoisotopic (exact) mass is 322 g/mol. The van der Waals surface area contributed by atoms with E-state index in [0.29, 0.717) is 0 Å². The standard InChI is InChI=1S/C17H22O6/c1-9-4-5-14-17(23-14,8-21-11(3)18)7-12(19)15-10(2)16(20)22-13(15)6-9/h6,12-15,19H,2,4-5,7-8H2,1,3H3/b9-6+/t12-,13?,14?,15?,17-/m1/s1. The number of carbonyl (C=O) groups excluding carboxylic acids is 2. The van der Waals surface area contributed by atoms with E-state index in [0.717, 1.165) is 18.4 Å². The third kappa shape index (κ3) is 3.05. The van der Waals surface area contributed by atoms with Gasteiger partial charge in [-0.25, -0.2) is 4.79 Å². The molecule has 0 aromatic heterocycles. The molecule has 3 rings (SSSR count). The smallest absolute Gasteiger partial charge is 0.334 e. The van der Waals surface area contributed by atoms with Crippen molar-refractivity contribution in [1.82, 2.24) is 0 Å². The zero-order valence-electron chi connectivity index (χ0n) is 13.4. The van der Waals surface area contributed by atoms with Gasteiger partial charge in [0, 0.05) is 18.9 Å². The molecule has 2 heterocycles. The summed E-state index contributed by atoms with van der Waals surface area (Å²) >= 11 is 0. The fourth-order valence-electron chi connectivity index (χ4n) is 3.56. The predicted octanol–water partition coefficient (Wildman–Crippen LogP) is 1.28. The van der Waals surface area contributed by atoms with Gasteiger partial charge in [0.05, 0.1) is 18.1 Å². The third-order valence-corrected chi connectivity index (χ3v) is 4.91. The SMILES string of the molecule is C=C1C(=O)OC2/C=C(\C)CCC3O[C@@]3(COC(C)=O)C[C@@H](O)C12. The second-order valence-electron chi connectivity index (χ2n) is 6.70. The van der Waals surface area contributed by atoms with Gasteiger partial charge in [0.25, 0.3) is 0 Å². The maximum absolute atomic E-state index is 11.8. The highest BCUT2D eigenvalue weighted by Gasteiger charge is 2.59. The van der Waals surface area contributed by atoms with Crippen molar-refractivity contribution >= 4 is 11.9 Å². The minimum Gasteiger partial charge on any atom is -0.463 e. The summed E-state index contributed by atoms with van der Waals surface area (Å²) in [7, 11) is 0. The normalized spacial score (nSPS) is 42.0. The molecule has 0 aromatic carbocycles. The van der Waals surface area contributed by atoms with Crippen LogP contribution in [0.4, 0.5) is 0 Å². The van der Waals surface area contributed by atoms with Gasteiger partial charge < -0.3 is 19.3 Å². The lowest BCUT2D eigenvalue weighted by molar-refractivity contribution is -0.143. The first kappa shape index (κ1) is 16.2. The summed E-state index contributed by atoms with van der Waals surface area (Å²) in [4.78, 5) is 22.9. The van der Waals surface area contributed by atoms with Gasteiger partial charge in [-0.15, -0.1) is 0 Å². The summed E-state index contributed by atoms with van der Waals surface area (Å²) < 4.78 is 16.2. The minimum absolute atomic E-state index is 0.0531. The maximum atomic E-state index is 11.8. The van der Waals surface area contributed by atoms with E-state index in [-0.39, 0.29) is 30.7 Å². The molecule has 2 aliphatic heterocycles. The number of hydrogen-bond acceptors (Lipinski definition) is 6. The quantitative estimate of drug-likeness (QED) is 0.357. The van der Waals surface area contributed by atoms with Gasteiger partial charge in [-0.2, -0.15) is 0 Å². The zero-order chi connectivity index (χ0) is 16.8. The number of esters is 2. The van der Waals surface area contributed by atoms with E-state index in [1.165, 1.54) is 6.92 Å². The topological polar surface area (TPSA) is 85.4 Å². The Morgan fingerprint density at radius 2 is 2.30 bits per heavy atom. The second kappa shape index (κ2) is 5.76. The number of allylic oxidation sites excluding steroid dienone is 1. The van der Waals surface area contributed by atoms with Crippen LogP contribution in [0.5, 0.6) is 0 Å². The first-order valence-corrected chi connectivity index (χ1v) is 7.89. The average Bonchev–Trinajstić information content (AvgIpc) is 3.07. The lowest BCUT2D eigenvalue weighted by atomic mass is 9.82.